The Morgan fingerprint density at radius 1 is 1.28 bits per heavy atom. The van der Waals surface area contributed by atoms with Gasteiger partial charge in [0.1, 0.15) is 5.82 Å². The van der Waals surface area contributed by atoms with Crippen LogP contribution in [0.5, 0.6) is 6.01 Å². The summed E-state index contributed by atoms with van der Waals surface area (Å²) in [6.45, 7) is 0.246. The molecule has 1 N–H and O–H groups in total. The Kier molecular flexibility index (Phi) is 3.88. The highest BCUT2D eigenvalue weighted by Gasteiger charge is 2.06. The number of aromatic nitrogens is 3. The van der Waals surface area contributed by atoms with E-state index in [0.29, 0.717) is 5.56 Å². The molecule has 0 saturated carbocycles. The quantitative estimate of drug-likeness (QED) is 0.922. The minimum atomic E-state index is -0.294. The molecule has 0 spiro atoms. The van der Waals surface area contributed by atoms with Crippen LogP contribution in [0.3, 0.4) is 0 Å². The third-order valence-electron chi connectivity index (χ3n) is 2.16. The van der Waals surface area contributed by atoms with Crippen molar-refractivity contribution in [2.45, 2.75) is 6.54 Å². The van der Waals surface area contributed by atoms with Crippen LogP contribution in [0.25, 0.3) is 0 Å². The number of anilines is 1. The zero-order chi connectivity index (χ0) is 13.0. The van der Waals surface area contributed by atoms with Crippen LogP contribution in [0.2, 0.25) is 5.28 Å². The van der Waals surface area contributed by atoms with Crippen molar-refractivity contribution < 1.29 is 9.13 Å². The molecule has 18 heavy (non-hydrogen) atoms. The van der Waals surface area contributed by atoms with Gasteiger partial charge in [0, 0.05) is 12.1 Å². The van der Waals surface area contributed by atoms with Crippen molar-refractivity contribution in [1.29, 1.82) is 0 Å². The second kappa shape index (κ2) is 5.59. The minimum absolute atomic E-state index is 0.0119. The molecule has 94 valence electrons. The van der Waals surface area contributed by atoms with Crippen LogP contribution in [-0.4, -0.2) is 22.1 Å². The SMILES string of the molecule is COc1nc(Cl)nc(NCc2ccccc2F)n1. The number of nitrogens with one attached hydrogen (secondary N) is 1. The molecule has 1 aromatic heterocycles. The Balaban J connectivity index is 2.11. The van der Waals surface area contributed by atoms with Gasteiger partial charge in [-0.25, -0.2) is 4.39 Å². The van der Waals surface area contributed by atoms with Crippen LogP contribution in [0, 0.1) is 5.82 Å². The standard InChI is InChI=1S/C11H10ClFN4O/c1-18-11-16-9(12)15-10(17-11)14-6-7-4-2-3-5-8(7)13/h2-5H,6H2,1H3,(H,14,15,16,17). The van der Waals surface area contributed by atoms with Crippen LogP contribution in [0.1, 0.15) is 5.56 Å². The van der Waals surface area contributed by atoms with E-state index in [-0.39, 0.29) is 29.6 Å². The van der Waals surface area contributed by atoms with E-state index in [1.807, 2.05) is 0 Å². The largest absolute Gasteiger partial charge is 0.467 e. The number of rotatable bonds is 4. The second-order valence-corrected chi connectivity index (χ2v) is 3.70. The third-order valence-corrected chi connectivity index (χ3v) is 2.33. The number of hydrogen-bond acceptors (Lipinski definition) is 5. The molecular weight excluding hydrogens is 259 g/mol. The first-order valence-corrected chi connectivity index (χ1v) is 5.49. The molecule has 0 atom stereocenters. The Bertz CT molecular complexity index is 552. The minimum Gasteiger partial charge on any atom is -0.467 e. The first-order chi connectivity index (χ1) is 8.69. The highest BCUT2D eigenvalue weighted by Crippen LogP contribution is 2.13. The molecule has 5 nitrogen and oxygen atoms in total. The highest BCUT2D eigenvalue weighted by atomic mass is 35.5. The average molecular weight is 269 g/mol. The van der Waals surface area contributed by atoms with E-state index >= 15 is 0 Å². The first-order valence-electron chi connectivity index (χ1n) is 5.12. The lowest BCUT2D eigenvalue weighted by Gasteiger charge is -2.06. The molecule has 0 radical (unpaired) electrons. The zero-order valence-corrected chi connectivity index (χ0v) is 10.3. The van der Waals surface area contributed by atoms with Crippen LogP contribution in [-0.2, 0) is 6.54 Å². The molecule has 2 rings (SSSR count). The van der Waals surface area contributed by atoms with E-state index in [4.69, 9.17) is 16.3 Å². The molecule has 0 saturated heterocycles. The van der Waals surface area contributed by atoms with E-state index < -0.39 is 0 Å². The van der Waals surface area contributed by atoms with Gasteiger partial charge in [-0.2, -0.15) is 15.0 Å². The highest BCUT2D eigenvalue weighted by molar-refractivity contribution is 6.28. The molecule has 1 heterocycles. The van der Waals surface area contributed by atoms with Gasteiger partial charge in [0.2, 0.25) is 11.2 Å². The Morgan fingerprint density at radius 3 is 2.78 bits per heavy atom. The van der Waals surface area contributed by atoms with Crippen molar-refractivity contribution in [2.75, 3.05) is 12.4 Å². The van der Waals surface area contributed by atoms with Crippen molar-refractivity contribution >= 4 is 17.5 Å². The number of benzene rings is 1. The predicted octanol–water partition coefficient (Wildman–Crippen LogP) is 2.28. The maximum Gasteiger partial charge on any atom is 0.322 e. The summed E-state index contributed by atoms with van der Waals surface area (Å²) in [6.07, 6.45) is 0. The molecule has 7 heteroatoms. The fourth-order valence-corrected chi connectivity index (χ4v) is 1.47. The van der Waals surface area contributed by atoms with E-state index in [2.05, 4.69) is 20.3 Å². The summed E-state index contributed by atoms with van der Waals surface area (Å²) >= 11 is 5.69. The van der Waals surface area contributed by atoms with Gasteiger partial charge in [-0.15, -0.1) is 0 Å². The number of nitrogens with zero attached hydrogens (tertiary/aromatic N) is 3. The van der Waals surface area contributed by atoms with Crippen molar-refractivity contribution in [1.82, 2.24) is 15.0 Å². The van der Waals surface area contributed by atoms with Gasteiger partial charge in [-0.3, -0.25) is 0 Å². The summed E-state index contributed by atoms with van der Waals surface area (Å²) in [5, 5.41) is 2.86. The molecule has 0 fully saturated rings. The summed E-state index contributed by atoms with van der Waals surface area (Å²) in [6, 6.07) is 6.54. The lowest BCUT2D eigenvalue weighted by molar-refractivity contribution is 0.379. The van der Waals surface area contributed by atoms with E-state index in [9.17, 15) is 4.39 Å². The van der Waals surface area contributed by atoms with Crippen molar-refractivity contribution in [3.63, 3.8) is 0 Å². The molecule has 0 aliphatic heterocycles. The molecule has 0 bridgehead atoms. The van der Waals surface area contributed by atoms with Crippen molar-refractivity contribution in [3.05, 3.63) is 40.9 Å². The Labute approximate surface area is 108 Å². The van der Waals surface area contributed by atoms with E-state index in [1.54, 1.807) is 18.2 Å². The lowest BCUT2D eigenvalue weighted by Crippen LogP contribution is -2.07. The second-order valence-electron chi connectivity index (χ2n) is 3.36. The van der Waals surface area contributed by atoms with Crippen LogP contribution >= 0.6 is 11.6 Å². The molecule has 0 amide bonds. The molecule has 0 aliphatic carbocycles. The molecule has 2 aromatic rings. The summed E-state index contributed by atoms with van der Waals surface area (Å²) in [5.41, 5.74) is 0.507. The summed E-state index contributed by atoms with van der Waals surface area (Å²) in [7, 11) is 1.42. The monoisotopic (exact) mass is 268 g/mol. The van der Waals surface area contributed by atoms with Crippen molar-refractivity contribution in [3.8, 4) is 6.01 Å². The fourth-order valence-electron chi connectivity index (χ4n) is 1.32. The number of halogens is 2. The normalized spacial score (nSPS) is 10.2. The lowest BCUT2D eigenvalue weighted by atomic mass is 10.2. The topological polar surface area (TPSA) is 59.9 Å². The maximum atomic E-state index is 13.4. The van der Waals surface area contributed by atoms with Gasteiger partial charge in [-0.1, -0.05) is 18.2 Å². The van der Waals surface area contributed by atoms with E-state index in [1.165, 1.54) is 13.2 Å². The third kappa shape index (κ3) is 3.04. The van der Waals surface area contributed by atoms with Gasteiger partial charge in [0.15, 0.2) is 0 Å². The van der Waals surface area contributed by atoms with Gasteiger partial charge in [-0.05, 0) is 17.7 Å². The summed E-state index contributed by atoms with van der Waals surface area (Å²) in [5.74, 6) is -0.0628. The first kappa shape index (κ1) is 12.5. The molecule has 0 aliphatic rings. The Hall–Kier alpha value is -1.95. The van der Waals surface area contributed by atoms with E-state index in [0.717, 1.165) is 0 Å². The summed E-state index contributed by atoms with van der Waals surface area (Å²) < 4.78 is 18.2. The number of hydrogen-bond donors (Lipinski definition) is 1. The fraction of sp³-hybridized carbons (Fsp3) is 0.182. The Morgan fingerprint density at radius 2 is 2.06 bits per heavy atom. The number of ether oxygens (including phenoxy) is 1. The van der Waals surface area contributed by atoms with Crippen LogP contribution in [0.15, 0.2) is 24.3 Å². The van der Waals surface area contributed by atoms with Gasteiger partial charge >= 0.3 is 6.01 Å². The van der Waals surface area contributed by atoms with Gasteiger partial charge in [0.05, 0.1) is 7.11 Å². The van der Waals surface area contributed by atoms with Crippen molar-refractivity contribution in [2.24, 2.45) is 0 Å². The average Bonchev–Trinajstić information content (AvgIpc) is 2.37. The molecule has 0 unspecified atom stereocenters. The molecular formula is C11H10ClFN4O. The number of methoxy groups -OCH3 is 1. The summed E-state index contributed by atoms with van der Waals surface area (Å²) in [4.78, 5) is 11.5. The van der Waals surface area contributed by atoms with Crippen LogP contribution < -0.4 is 10.1 Å². The van der Waals surface area contributed by atoms with Crippen LogP contribution in [0.4, 0.5) is 10.3 Å². The predicted molar refractivity (Wildman–Crippen MR) is 65.1 cm³/mol. The van der Waals surface area contributed by atoms with Gasteiger partial charge in [0.25, 0.3) is 0 Å². The molecule has 1 aromatic carbocycles. The maximum absolute atomic E-state index is 13.4. The smallest absolute Gasteiger partial charge is 0.322 e. The zero-order valence-electron chi connectivity index (χ0n) is 9.52. The van der Waals surface area contributed by atoms with Gasteiger partial charge < -0.3 is 10.1 Å².